The Balaban J connectivity index is 2.53. The summed E-state index contributed by atoms with van der Waals surface area (Å²) in [7, 11) is 0. The highest BCUT2D eigenvalue weighted by molar-refractivity contribution is 9.10. The number of hydrogen-bond acceptors (Lipinski definition) is 3. The Kier molecular flexibility index (Phi) is 1.77. The Hall–Kier alpha value is -1.03. The maximum absolute atomic E-state index is 10.5. The molecule has 0 saturated carbocycles. The molecular weight excluding hydrogens is 220 g/mol. The highest BCUT2D eigenvalue weighted by Gasteiger charge is 2.19. The molecule has 0 aromatic heterocycles. The average Bonchev–Trinajstić information content (AvgIpc) is 2.46. The predicted octanol–water partition coefficient (Wildman–Crippen LogP) is 2.79. The van der Waals surface area contributed by atoms with Gasteiger partial charge in [-0.15, -0.1) is 0 Å². The van der Waals surface area contributed by atoms with Crippen LogP contribution < -0.4 is 0 Å². The van der Waals surface area contributed by atoms with E-state index in [2.05, 4.69) is 26.2 Å². The Bertz CT molecular complexity index is 362. The van der Waals surface area contributed by atoms with Crippen LogP contribution in [0.1, 0.15) is 11.6 Å². The summed E-state index contributed by atoms with van der Waals surface area (Å²) in [5, 5.41) is 7.68. The van der Waals surface area contributed by atoms with Gasteiger partial charge in [0.15, 0.2) is 12.3 Å². The predicted molar refractivity (Wildman–Crippen MR) is 47.5 cm³/mol. The molecule has 0 spiro atoms. The van der Waals surface area contributed by atoms with Gasteiger partial charge in [-0.2, -0.15) is 10.2 Å². The minimum absolute atomic E-state index is 0.395. The topological polar surface area (TPSA) is 41.8 Å². The number of aldehydes is 1. The van der Waals surface area contributed by atoms with Crippen LogP contribution in [0.2, 0.25) is 0 Å². The van der Waals surface area contributed by atoms with Crippen LogP contribution in [0.25, 0.3) is 0 Å². The molecule has 60 valence electrons. The quantitative estimate of drug-likeness (QED) is 0.677. The van der Waals surface area contributed by atoms with E-state index >= 15 is 0 Å². The van der Waals surface area contributed by atoms with Crippen LogP contribution in [0.3, 0.4) is 0 Å². The third-order valence-electron chi connectivity index (χ3n) is 1.73. The van der Waals surface area contributed by atoms with Gasteiger partial charge in [0.2, 0.25) is 0 Å². The summed E-state index contributed by atoms with van der Waals surface area (Å²) < 4.78 is 0.951. The van der Waals surface area contributed by atoms with Crippen molar-refractivity contribution in [2.45, 2.75) is 6.04 Å². The van der Waals surface area contributed by atoms with E-state index in [0.29, 0.717) is 0 Å². The van der Waals surface area contributed by atoms with Crippen LogP contribution in [0.15, 0.2) is 32.9 Å². The summed E-state index contributed by atoms with van der Waals surface area (Å²) >= 11 is 3.32. The molecule has 1 aliphatic heterocycles. The lowest BCUT2D eigenvalue weighted by atomic mass is 10.1. The fourth-order valence-corrected chi connectivity index (χ4v) is 1.49. The van der Waals surface area contributed by atoms with Gasteiger partial charge in [-0.3, -0.25) is 0 Å². The number of halogens is 1. The van der Waals surface area contributed by atoms with E-state index in [4.69, 9.17) is 0 Å². The molecule has 0 bridgehead atoms. The second-order valence-electron chi connectivity index (χ2n) is 2.50. The van der Waals surface area contributed by atoms with E-state index in [9.17, 15) is 4.79 Å². The maximum atomic E-state index is 10.5. The van der Waals surface area contributed by atoms with Gasteiger partial charge in [-0.05, 0) is 12.1 Å². The van der Waals surface area contributed by atoms with Gasteiger partial charge in [0.05, 0.1) is 5.69 Å². The van der Waals surface area contributed by atoms with Gasteiger partial charge < -0.3 is 4.79 Å². The molecule has 2 rings (SSSR count). The van der Waals surface area contributed by atoms with Crippen LogP contribution in [-0.4, -0.2) is 6.29 Å². The van der Waals surface area contributed by atoms with E-state index in [1.165, 1.54) is 0 Å². The van der Waals surface area contributed by atoms with Crippen molar-refractivity contribution in [2.75, 3.05) is 0 Å². The molecule has 0 N–H and O–H groups in total. The smallest absolute Gasteiger partial charge is 0.153 e. The molecule has 1 aromatic rings. The lowest BCUT2D eigenvalue weighted by Gasteiger charge is -1.98. The van der Waals surface area contributed by atoms with Crippen LogP contribution in [0, 0.1) is 0 Å². The monoisotopic (exact) mass is 224 g/mol. The molecular formula is C8H5BrN2O. The molecule has 0 aliphatic carbocycles. The third kappa shape index (κ3) is 1.08. The number of azo groups is 1. The van der Waals surface area contributed by atoms with E-state index in [1.807, 2.05) is 18.2 Å². The molecule has 0 radical (unpaired) electrons. The highest BCUT2D eigenvalue weighted by atomic mass is 79.9. The summed E-state index contributed by atoms with van der Waals surface area (Å²) in [5.74, 6) is 0. The van der Waals surface area contributed by atoms with Gasteiger partial charge in [0.1, 0.15) is 0 Å². The van der Waals surface area contributed by atoms with Gasteiger partial charge in [0, 0.05) is 10.0 Å². The van der Waals surface area contributed by atoms with E-state index in [0.717, 1.165) is 22.0 Å². The van der Waals surface area contributed by atoms with Gasteiger partial charge in [-0.1, -0.05) is 22.0 Å². The van der Waals surface area contributed by atoms with Crippen LogP contribution in [-0.2, 0) is 4.79 Å². The van der Waals surface area contributed by atoms with Crippen molar-refractivity contribution in [2.24, 2.45) is 10.2 Å². The summed E-state index contributed by atoms with van der Waals surface area (Å²) in [6.45, 7) is 0. The largest absolute Gasteiger partial charge is 0.301 e. The Morgan fingerprint density at radius 1 is 1.50 bits per heavy atom. The summed E-state index contributed by atoms with van der Waals surface area (Å²) in [5.41, 5.74) is 1.66. The SMILES string of the molecule is O=C[C@@H]1N=Nc2cc(Br)ccc21. The number of fused-ring (bicyclic) bond motifs is 1. The minimum Gasteiger partial charge on any atom is -0.301 e. The number of benzene rings is 1. The summed E-state index contributed by atoms with van der Waals surface area (Å²) in [4.78, 5) is 10.5. The van der Waals surface area contributed by atoms with Gasteiger partial charge in [-0.25, -0.2) is 0 Å². The Labute approximate surface area is 77.6 Å². The van der Waals surface area contributed by atoms with Crippen molar-refractivity contribution < 1.29 is 4.79 Å². The van der Waals surface area contributed by atoms with Crippen molar-refractivity contribution in [1.82, 2.24) is 0 Å². The summed E-state index contributed by atoms with van der Waals surface area (Å²) in [6.07, 6.45) is 0.795. The molecule has 0 saturated heterocycles. The van der Waals surface area contributed by atoms with Gasteiger partial charge in [0.25, 0.3) is 0 Å². The molecule has 0 fully saturated rings. The molecule has 1 aliphatic rings. The van der Waals surface area contributed by atoms with Crippen molar-refractivity contribution in [3.05, 3.63) is 28.2 Å². The number of carbonyl (C=O) groups excluding carboxylic acids is 1. The first-order chi connectivity index (χ1) is 5.81. The van der Waals surface area contributed by atoms with Crippen LogP contribution >= 0.6 is 15.9 Å². The number of hydrogen-bond donors (Lipinski definition) is 0. The number of carbonyl (C=O) groups is 1. The number of rotatable bonds is 1. The highest BCUT2D eigenvalue weighted by Crippen LogP contribution is 2.35. The zero-order valence-electron chi connectivity index (χ0n) is 6.07. The first-order valence-electron chi connectivity index (χ1n) is 3.47. The third-order valence-corrected chi connectivity index (χ3v) is 2.22. The molecule has 0 amide bonds. The zero-order valence-corrected chi connectivity index (χ0v) is 7.65. The number of nitrogens with zero attached hydrogens (tertiary/aromatic N) is 2. The molecule has 1 atom stereocenters. The first kappa shape index (κ1) is 7.61. The van der Waals surface area contributed by atoms with Crippen molar-refractivity contribution in [1.29, 1.82) is 0 Å². The first-order valence-corrected chi connectivity index (χ1v) is 4.26. The van der Waals surface area contributed by atoms with E-state index in [-0.39, 0.29) is 0 Å². The summed E-state index contributed by atoms with van der Waals surface area (Å²) in [6, 6.07) is 5.19. The van der Waals surface area contributed by atoms with Crippen molar-refractivity contribution in [3.63, 3.8) is 0 Å². The van der Waals surface area contributed by atoms with E-state index in [1.54, 1.807) is 0 Å². The standard InChI is InChI=1S/C8H5BrN2O/c9-5-1-2-6-7(3-5)10-11-8(6)4-12/h1-4,8H/t8-/m0/s1. The lowest BCUT2D eigenvalue weighted by Crippen LogP contribution is -1.90. The molecule has 1 heterocycles. The van der Waals surface area contributed by atoms with Gasteiger partial charge >= 0.3 is 0 Å². The molecule has 12 heavy (non-hydrogen) atoms. The molecule has 1 aromatic carbocycles. The van der Waals surface area contributed by atoms with Crippen LogP contribution in [0.5, 0.6) is 0 Å². The second-order valence-corrected chi connectivity index (χ2v) is 3.42. The maximum Gasteiger partial charge on any atom is 0.153 e. The molecule has 0 unspecified atom stereocenters. The Morgan fingerprint density at radius 3 is 3.08 bits per heavy atom. The average molecular weight is 225 g/mol. The normalized spacial score (nSPS) is 19.2. The fourth-order valence-electron chi connectivity index (χ4n) is 1.14. The molecule has 4 heteroatoms. The van der Waals surface area contributed by atoms with Crippen molar-refractivity contribution in [3.8, 4) is 0 Å². The minimum atomic E-state index is -0.395. The zero-order chi connectivity index (χ0) is 8.55. The molecule has 3 nitrogen and oxygen atoms in total. The fraction of sp³-hybridized carbons (Fsp3) is 0.125. The van der Waals surface area contributed by atoms with E-state index < -0.39 is 6.04 Å². The lowest BCUT2D eigenvalue weighted by molar-refractivity contribution is -0.108. The second kappa shape index (κ2) is 2.79. The van der Waals surface area contributed by atoms with Crippen LogP contribution in [0.4, 0.5) is 5.69 Å². The van der Waals surface area contributed by atoms with Crippen molar-refractivity contribution >= 4 is 27.9 Å². The Morgan fingerprint density at radius 2 is 2.33 bits per heavy atom.